The molecule has 3 aliphatic rings. The van der Waals surface area contributed by atoms with Crippen LogP contribution in [-0.2, 0) is 13.7 Å². The number of hydrogen-bond donors (Lipinski definition) is 0. The zero-order chi connectivity index (χ0) is 18.8. The average Bonchev–Trinajstić information content (AvgIpc) is 2.56. The number of halogens is 1. The van der Waals surface area contributed by atoms with Crippen molar-refractivity contribution in [3.8, 4) is 0 Å². The van der Waals surface area contributed by atoms with Crippen LogP contribution in [0, 0.1) is 5.41 Å². The van der Waals surface area contributed by atoms with Crippen LogP contribution in [0.5, 0.6) is 0 Å². The van der Waals surface area contributed by atoms with Crippen LogP contribution in [0.2, 0.25) is 0 Å². The largest absolute Gasteiger partial charge is 0.444 e. The Kier molecular flexibility index (Phi) is 7.02. The molecule has 2 heterocycles. The lowest BCUT2D eigenvalue weighted by Crippen LogP contribution is -2.59. The summed E-state index contributed by atoms with van der Waals surface area (Å²) >= 11 is 2.15. The molecule has 6 nitrogen and oxygen atoms in total. The molecule has 0 N–H and O–H groups in total. The van der Waals surface area contributed by atoms with Gasteiger partial charge < -0.3 is 18.6 Å². The highest BCUT2D eigenvalue weighted by Crippen LogP contribution is 2.51. The van der Waals surface area contributed by atoms with Crippen molar-refractivity contribution in [1.29, 1.82) is 0 Å². The van der Waals surface area contributed by atoms with E-state index in [9.17, 15) is 4.79 Å². The Morgan fingerprint density at radius 3 is 2.58 bits per heavy atom. The first kappa shape index (κ1) is 21.0. The van der Waals surface area contributed by atoms with E-state index in [0.717, 1.165) is 45.6 Å². The molecule has 3 fully saturated rings. The lowest BCUT2D eigenvalue weighted by atomic mass is 9.60. The molecule has 0 aromatic rings. The van der Waals surface area contributed by atoms with Gasteiger partial charge >= 0.3 is 6.09 Å². The molecule has 26 heavy (non-hydrogen) atoms. The fourth-order valence-electron chi connectivity index (χ4n) is 4.37. The van der Waals surface area contributed by atoms with Gasteiger partial charge in [0.2, 0.25) is 0 Å². The molecule has 1 saturated carbocycles. The zero-order valence-electron chi connectivity index (χ0n) is 16.0. The third kappa shape index (κ3) is 5.40. The van der Waals surface area contributed by atoms with Gasteiger partial charge in [-0.3, -0.25) is 4.90 Å². The Morgan fingerprint density at radius 1 is 1.27 bits per heavy atom. The zero-order valence-corrected chi connectivity index (χ0v) is 19.0. The van der Waals surface area contributed by atoms with Gasteiger partial charge in [-0.25, -0.2) is 4.79 Å². The minimum absolute atomic E-state index is 0.160. The van der Waals surface area contributed by atoms with Gasteiger partial charge in [0.05, 0.1) is 28.5 Å². The van der Waals surface area contributed by atoms with Gasteiger partial charge in [-0.2, -0.15) is 0 Å². The molecular formula is C18H31IN2O4S. The number of rotatable bonds is 4. The molecule has 2 aliphatic heterocycles. The fourth-order valence-corrected chi connectivity index (χ4v) is 5.02. The van der Waals surface area contributed by atoms with Crippen molar-refractivity contribution in [1.82, 2.24) is 9.80 Å². The van der Waals surface area contributed by atoms with Crippen molar-refractivity contribution in [2.45, 2.75) is 64.2 Å². The van der Waals surface area contributed by atoms with Crippen LogP contribution in [0.1, 0.15) is 46.5 Å². The lowest BCUT2D eigenvalue weighted by molar-refractivity contribution is -0.104. The van der Waals surface area contributed by atoms with Gasteiger partial charge in [-0.1, -0.05) is 0 Å². The number of carbonyl (C=O) groups is 1. The molecule has 0 aromatic carbocycles. The van der Waals surface area contributed by atoms with E-state index in [1.165, 1.54) is 22.1 Å². The first-order valence-corrected chi connectivity index (χ1v) is 12.8. The predicted octanol–water partition coefficient (Wildman–Crippen LogP) is 3.88. The van der Waals surface area contributed by atoms with Crippen molar-refractivity contribution in [2.75, 3.05) is 39.4 Å². The van der Waals surface area contributed by atoms with Crippen LogP contribution in [0.3, 0.4) is 0 Å². The number of carbonyl (C=O) groups excluding carboxylic acids is 1. The summed E-state index contributed by atoms with van der Waals surface area (Å²) in [4.78, 5) is 16.7. The maximum atomic E-state index is 12.2. The van der Waals surface area contributed by atoms with Crippen LogP contribution >= 0.6 is 30.4 Å². The van der Waals surface area contributed by atoms with Crippen LogP contribution < -0.4 is 0 Å². The number of nitrogens with zero attached hydrogens (tertiary/aromatic N) is 2. The highest BCUT2D eigenvalue weighted by Gasteiger charge is 2.49. The Hall–Kier alpha value is 0.230. The van der Waals surface area contributed by atoms with Crippen molar-refractivity contribution in [3.05, 3.63) is 0 Å². The van der Waals surface area contributed by atoms with Crippen LogP contribution in [-0.4, -0.2) is 73.0 Å². The summed E-state index contributed by atoms with van der Waals surface area (Å²) in [6.45, 7) is 10.9. The first-order valence-electron chi connectivity index (χ1n) is 9.54. The van der Waals surface area contributed by atoms with Gasteiger partial charge in [0.1, 0.15) is 5.60 Å². The third-order valence-corrected chi connectivity index (χ3v) is 6.79. The van der Waals surface area contributed by atoms with Crippen molar-refractivity contribution >= 4 is 36.5 Å². The maximum Gasteiger partial charge on any atom is 0.410 e. The normalized spacial score (nSPS) is 27.4. The van der Waals surface area contributed by atoms with Gasteiger partial charge in [0, 0.05) is 53.4 Å². The molecule has 0 aromatic heterocycles. The summed E-state index contributed by atoms with van der Waals surface area (Å²) in [5.74, 6) is 0. The van der Waals surface area contributed by atoms with Crippen molar-refractivity contribution in [2.24, 2.45) is 5.41 Å². The monoisotopic (exact) mass is 498 g/mol. The van der Waals surface area contributed by atoms with Gasteiger partial charge in [-0.15, -0.1) is 0 Å². The summed E-state index contributed by atoms with van der Waals surface area (Å²) in [6.07, 6.45) is 4.74. The van der Waals surface area contributed by atoms with Gasteiger partial charge in [-0.05, 0) is 51.9 Å². The molecule has 1 unspecified atom stereocenters. The highest BCUT2D eigenvalue weighted by atomic mass is 127. The molecular weight excluding hydrogens is 467 g/mol. The summed E-state index contributed by atoms with van der Waals surface area (Å²) in [5, 5.41) is 0. The topological polar surface area (TPSA) is 51.2 Å². The Bertz CT molecular complexity index is 486. The Labute approximate surface area is 173 Å². The molecule has 1 aliphatic carbocycles. The molecule has 8 heteroatoms. The molecule has 1 amide bonds. The van der Waals surface area contributed by atoms with Crippen LogP contribution in [0.4, 0.5) is 4.79 Å². The number of hydrogen-bond acceptors (Lipinski definition) is 6. The minimum Gasteiger partial charge on any atom is -0.444 e. The maximum absolute atomic E-state index is 12.2. The molecule has 1 atom stereocenters. The third-order valence-electron chi connectivity index (χ3n) is 5.80. The number of likely N-dealkylation sites (tertiary alicyclic amines) is 1. The van der Waals surface area contributed by atoms with E-state index in [1.807, 2.05) is 25.7 Å². The second-order valence-electron chi connectivity index (χ2n) is 8.86. The minimum atomic E-state index is -0.416. The summed E-state index contributed by atoms with van der Waals surface area (Å²) in [7, 11) is 1.38. The molecule has 3 rings (SSSR count). The SMILES string of the molecule is CC(C)(C)OC(=O)N1CCC2(CC1)CC(N1CCOC(COSI)C1)C2. The smallest absolute Gasteiger partial charge is 0.410 e. The summed E-state index contributed by atoms with van der Waals surface area (Å²) in [5.41, 5.74) is 0.0196. The van der Waals surface area contributed by atoms with Gasteiger partial charge in [0.25, 0.3) is 0 Å². The Balaban J connectivity index is 1.42. The van der Waals surface area contributed by atoms with E-state index >= 15 is 0 Å². The van der Waals surface area contributed by atoms with E-state index in [-0.39, 0.29) is 12.2 Å². The molecule has 2 saturated heterocycles. The van der Waals surface area contributed by atoms with Crippen molar-refractivity contribution < 1.29 is 18.5 Å². The lowest BCUT2D eigenvalue weighted by Gasteiger charge is -2.56. The quantitative estimate of drug-likeness (QED) is 0.433. The molecule has 1 spiro atoms. The number of piperidine rings is 1. The van der Waals surface area contributed by atoms with E-state index in [4.69, 9.17) is 13.7 Å². The first-order chi connectivity index (χ1) is 12.3. The van der Waals surface area contributed by atoms with E-state index in [2.05, 4.69) is 26.1 Å². The molecule has 150 valence electrons. The average molecular weight is 498 g/mol. The standard InChI is InChI=1S/C18H31IN2O4S/c1-17(2,3)25-16(22)20-6-4-18(5-7-20)10-14(11-18)21-8-9-23-15(12-21)13-24-26-19/h14-15H,4-13H2,1-3H3. The number of amides is 1. The number of morpholine rings is 1. The number of ether oxygens (including phenoxy) is 2. The highest BCUT2D eigenvalue weighted by molar-refractivity contribution is 14.2. The molecule has 0 radical (unpaired) electrons. The predicted molar refractivity (Wildman–Crippen MR) is 111 cm³/mol. The summed E-state index contributed by atoms with van der Waals surface area (Å²) in [6, 6.07) is 0.668. The van der Waals surface area contributed by atoms with Crippen LogP contribution in [0.15, 0.2) is 0 Å². The van der Waals surface area contributed by atoms with Gasteiger partial charge in [0.15, 0.2) is 0 Å². The van der Waals surface area contributed by atoms with Crippen LogP contribution in [0.25, 0.3) is 0 Å². The molecule has 0 bridgehead atoms. The van der Waals surface area contributed by atoms with E-state index in [0.29, 0.717) is 18.1 Å². The fraction of sp³-hybridized carbons (Fsp3) is 0.944. The van der Waals surface area contributed by atoms with E-state index < -0.39 is 5.60 Å². The van der Waals surface area contributed by atoms with Crippen molar-refractivity contribution in [3.63, 3.8) is 0 Å². The second-order valence-corrected chi connectivity index (χ2v) is 10.3. The second kappa shape index (κ2) is 8.71. The van der Waals surface area contributed by atoms with E-state index in [1.54, 1.807) is 0 Å². The summed E-state index contributed by atoms with van der Waals surface area (Å²) < 4.78 is 16.7. The Morgan fingerprint density at radius 2 is 1.96 bits per heavy atom.